The summed E-state index contributed by atoms with van der Waals surface area (Å²) in [5.74, 6) is -2.06. The Balaban J connectivity index is 1.70. The zero-order chi connectivity index (χ0) is 20.5. The lowest BCUT2D eigenvalue weighted by molar-refractivity contribution is -0.129. The van der Waals surface area contributed by atoms with Gasteiger partial charge in [-0.2, -0.15) is 4.99 Å². The third-order valence-corrected chi connectivity index (χ3v) is 7.78. The number of halogens is 1. The molecule has 0 aliphatic carbocycles. The highest BCUT2D eigenvalue weighted by atomic mass is 79.9. The Labute approximate surface area is 176 Å². The number of benzene rings is 1. The zero-order valence-corrected chi connectivity index (χ0v) is 18.9. The van der Waals surface area contributed by atoms with E-state index in [4.69, 9.17) is 0 Å². The van der Waals surface area contributed by atoms with Gasteiger partial charge in [0, 0.05) is 24.6 Å². The van der Waals surface area contributed by atoms with Gasteiger partial charge >= 0.3 is 0 Å². The fourth-order valence-corrected chi connectivity index (χ4v) is 5.82. The number of aromatic nitrogens is 1. The van der Waals surface area contributed by atoms with Gasteiger partial charge in [0.1, 0.15) is 11.5 Å². The fraction of sp³-hybridized carbons (Fsp3) is 0.500. The van der Waals surface area contributed by atoms with Crippen LogP contribution < -0.4 is 4.80 Å². The van der Waals surface area contributed by atoms with E-state index in [1.165, 1.54) is 11.3 Å². The van der Waals surface area contributed by atoms with E-state index in [-0.39, 0.29) is 0 Å². The summed E-state index contributed by atoms with van der Waals surface area (Å²) in [7, 11) is -2.09. The third kappa shape index (κ3) is 5.09. The average Bonchev–Trinajstić information content (AvgIpc) is 2.89. The van der Waals surface area contributed by atoms with Gasteiger partial charge in [-0.15, -0.1) is 0 Å². The summed E-state index contributed by atoms with van der Waals surface area (Å²) < 4.78 is 28.2. The molecule has 0 N–H and O–H groups in total. The molecule has 0 radical (unpaired) electrons. The maximum absolute atomic E-state index is 12.3. The molecule has 10 heteroatoms. The van der Waals surface area contributed by atoms with Crippen LogP contribution in [0.2, 0.25) is 0 Å². The Bertz CT molecular complexity index is 1080. The van der Waals surface area contributed by atoms with Gasteiger partial charge in [-0.05, 0) is 37.0 Å². The van der Waals surface area contributed by atoms with Crippen LogP contribution in [-0.4, -0.2) is 54.3 Å². The minimum atomic E-state index is -3.86. The van der Waals surface area contributed by atoms with Crippen LogP contribution in [0, 0.1) is 5.92 Å². The second-order valence-electron chi connectivity index (χ2n) is 7.16. The summed E-state index contributed by atoms with van der Waals surface area (Å²) in [4.78, 5) is 30.5. The number of carbonyl (C=O) groups is 2. The lowest BCUT2D eigenvalue weighted by Gasteiger charge is -2.30. The van der Waals surface area contributed by atoms with E-state index >= 15 is 0 Å². The molecule has 1 fully saturated rings. The van der Waals surface area contributed by atoms with Gasteiger partial charge < -0.3 is 9.47 Å². The van der Waals surface area contributed by atoms with Gasteiger partial charge in [0.25, 0.3) is 5.91 Å². The molecule has 1 aromatic heterocycles. The number of amides is 2. The average molecular weight is 488 g/mol. The first-order valence-electron chi connectivity index (χ1n) is 8.95. The van der Waals surface area contributed by atoms with Crippen LogP contribution in [0.25, 0.3) is 10.2 Å². The van der Waals surface area contributed by atoms with Crippen LogP contribution in [0.4, 0.5) is 0 Å². The van der Waals surface area contributed by atoms with Crippen molar-refractivity contribution >= 4 is 59.1 Å². The Morgan fingerprint density at radius 1 is 1.25 bits per heavy atom. The molecule has 28 heavy (non-hydrogen) atoms. The number of piperidine rings is 1. The largest absolute Gasteiger partial charge is 0.342 e. The highest BCUT2D eigenvalue weighted by Gasteiger charge is 2.26. The van der Waals surface area contributed by atoms with Crippen LogP contribution in [0.5, 0.6) is 0 Å². The summed E-state index contributed by atoms with van der Waals surface area (Å²) in [5, 5.41) is 0. The van der Waals surface area contributed by atoms with E-state index in [0.29, 0.717) is 23.8 Å². The molecule has 2 aromatic rings. The summed E-state index contributed by atoms with van der Waals surface area (Å²) in [6, 6.07) is 5.70. The van der Waals surface area contributed by atoms with Gasteiger partial charge in [-0.3, -0.25) is 9.59 Å². The molecule has 7 nitrogen and oxygen atoms in total. The first-order valence-corrected chi connectivity index (χ1v) is 12.4. The quantitative estimate of drug-likeness (QED) is 0.660. The molecule has 152 valence electrons. The van der Waals surface area contributed by atoms with E-state index in [1.54, 1.807) is 16.5 Å². The van der Waals surface area contributed by atoms with Crippen molar-refractivity contribution in [2.24, 2.45) is 18.0 Å². The molecule has 2 amide bonds. The minimum Gasteiger partial charge on any atom is -0.342 e. The summed E-state index contributed by atoms with van der Waals surface area (Å²) in [6.07, 6.45) is 1.75. The predicted octanol–water partition coefficient (Wildman–Crippen LogP) is 2.10. The van der Waals surface area contributed by atoms with Crippen LogP contribution in [0.3, 0.4) is 0 Å². The number of rotatable bonds is 4. The summed E-state index contributed by atoms with van der Waals surface area (Å²) in [6.45, 7) is 3.26. The number of likely N-dealkylation sites (tertiary alicyclic amines) is 1. The molecule has 0 atom stereocenters. The molecule has 1 saturated heterocycles. The molecule has 0 saturated carbocycles. The summed E-state index contributed by atoms with van der Waals surface area (Å²) >= 11 is 4.70. The van der Waals surface area contributed by atoms with E-state index in [9.17, 15) is 18.0 Å². The lowest BCUT2D eigenvalue weighted by atomic mass is 9.99. The second kappa shape index (κ2) is 8.46. The number of aryl methyl sites for hydroxylation is 1. The van der Waals surface area contributed by atoms with Crippen molar-refractivity contribution < 1.29 is 18.0 Å². The van der Waals surface area contributed by atoms with Gasteiger partial charge in [0.15, 0.2) is 14.6 Å². The van der Waals surface area contributed by atoms with Crippen molar-refractivity contribution in [3.63, 3.8) is 0 Å². The SMILES string of the molecule is CC1CCN(C(=O)CS(=O)(=O)CC(=O)N=c2sc3cc(Br)ccc3n2C)CC1. The predicted molar refractivity (Wildman–Crippen MR) is 113 cm³/mol. The van der Waals surface area contributed by atoms with Crippen molar-refractivity contribution in [2.75, 3.05) is 24.6 Å². The molecular formula is C18H22BrN3O4S2. The monoisotopic (exact) mass is 487 g/mol. The van der Waals surface area contributed by atoms with Crippen molar-refractivity contribution in [1.29, 1.82) is 0 Å². The van der Waals surface area contributed by atoms with E-state index in [1.807, 2.05) is 18.2 Å². The molecule has 1 aromatic carbocycles. The van der Waals surface area contributed by atoms with Gasteiger partial charge in [0.05, 0.1) is 10.2 Å². The van der Waals surface area contributed by atoms with Crippen molar-refractivity contribution in [2.45, 2.75) is 19.8 Å². The number of hydrogen-bond donors (Lipinski definition) is 0. The first kappa shape index (κ1) is 21.2. The molecule has 1 aliphatic rings. The van der Waals surface area contributed by atoms with Crippen molar-refractivity contribution in [3.8, 4) is 0 Å². The van der Waals surface area contributed by atoms with Crippen LogP contribution >= 0.6 is 27.3 Å². The molecule has 2 heterocycles. The molecular weight excluding hydrogens is 466 g/mol. The van der Waals surface area contributed by atoms with Crippen LogP contribution in [0.1, 0.15) is 19.8 Å². The van der Waals surface area contributed by atoms with Crippen molar-refractivity contribution in [3.05, 3.63) is 27.5 Å². The first-order chi connectivity index (χ1) is 13.1. The van der Waals surface area contributed by atoms with Crippen LogP contribution in [0.15, 0.2) is 27.7 Å². The van der Waals surface area contributed by atoms with Crippen molar-refractivity contribution in [1.82, 2.24) is 9.47 Å². The highest BCUT2D eigenvalue weighted by Crippen LogP contribution is 2.21. The standard InChI is InChI=1S/C18H22BrN3O4S2/c1-12-5-7-22(8-6-12)17(24)11-28(25,26)10-16(23)20-18-21(2)14-4-3-13(19)9-15(14)27-18/h3-4,9,12H,5-8,10-11H2,1-2H3. The Morgan fingerprint density at radius 3 is 2.61 bits per heavy atom. The Morgan fingerprint density at radius 2 is 1.93 bits per heavy atom. The highest BCUT2D eigenvalue weighted by molar-refractivity contribution is 9.10. The smallest absolute Gasteiger partial charge is 0.263 e. The van der Waals surface area contributed by atoms with Gasteiger partial charge in [-0.1, -0.05) is 34.2 Å². The second-order valence-corrected chi connectivity index (χ2v) is 11.1. The number of hydrogen-bond acceptors (Lipinski definition) is 5. The van der Waals surface area contributed by atoms with E-state index in [2.05, 4.69) is 27.8 Å². The van der Waals surface area contributed by atoms with E-state index < -0.39 is 33.2 Å². The summed E-state index contributed by atoms with van der Waals surface area (Å²) in [5.41, 5.74) is 0.900. The minimum absolute atomic E-state index is 0.421. The van der Waals surface area contributed by atoms with Gasteiger partial charge in [-0.25, -0.2) is 8.42 Å². The molecule has 0 spiro atoms. The Kier molecular flexibility index (Phi) is 6.41. The van der Waals surface area contributed by atoms with E-state index in [0.717, 1.165) is 27.5 Å². The zero-order valence-electron chi connectivity index (χ0n) is 15.7. The van der Waals surface area contributed by atoms with Crippen LogP contribution in [-0.2, 0) is 26.5 Å². The molecule has 1 aliphatic heterocycles. The third-order valence-electron chi connectivity index (χ3n) is 4.81. The number of fused-ring (bicyclic) bond motifs is 1. The molecule has 0 bridgehead atoms. The molecule has 3 rings (SSSR count). The topological polar surface area (TPSA) is 88.8 Å². The number of thiazole rings is 1. The molecule has 0 unspecified atom stereocenters. The fourth-order valence-electron chi connectivity index (χ4n) is 3.13. The Hall–Kier alpha value is -1.52. The normalized spacial score (nSPS) is 16.7. The van der Waals surface area contributed by atoms with Gasteiger partial charge in [0.2, 0.25) is 5.91 Å². The maximum Gasteiger partial charge on any atom is 0.263 e. The maximum atomic E-state index is 12.3. The number of sulfone groups is 1. The number of nitrogens with zero attached hydrogens (tertiary/aromatic N) is 3. The number of carbonyl (C=O) groups excluding carboxylic acids is 2. The lowest BCUT2D eigenvalue weighted by Crippen LogP contribution is -2.41.